The predicted octanol–water partition coefficient (Wildman–Crippen LogP) is 2.35. The van der Waals surface area contributed by atoms with Gasteiger partial charge in [-0.3, -0.25) is 14.6 Å². The normalized spacial score (nSPS) is 14.6. The zero-order chi connectivity index (χ0) is 20.2. The van der Waals surface area contributed by atoms with Gasteiger partial charge in [0.15, 0.2) is 5.69 Å². The maximum Gasteiger partial charge on any atom is 0.276 e. The molecule has 0 spiro atoms. The number of nitrogens with zero attached hydrogens (tertiary/aromatic N) is 5. The summed E-state index contributed by atoms with van der Waals surface area (Å²) in [6, 6.07) is 10.6. The van der Waals surface area contributed by atoms with Crippen LogP contribution in [0.4, 0.5) is 0 Å². The van der Waals surface area contributed by atoms with Gasteiger partial charge in [0.25, 0.3) is 11.8 Å². The fourth-order valence-corrected chi connectivity index (χ4v) is 3.45. The molecule has 0 radical (unpaired) electrons. The first-order valence-electron chi connectivity index (χ1n) is 9.28. The zero-order valence-corrected chi connectivity index (χ0v) is 16.3. The van der Waals surface area contributed by atoms with Gasteiger partial charge in [0.05, 0.1) is 17.4 Å². The van der Waals surface area contributed by atoms with E-state index < -0.39 is 0 Å². The fourth-order valence-electron chi connectivity index (χ4n) is 3.26. The van der Waals surface area contributed by atoms with Crippen LogP contribution in [0.5, 0.6) is 0 Å². The molecule has 4 rings (SSSR count). The van der Waals surface area contributed by atoms with Crippen molar-refractivity contribution in [3.8, 4) is 5.69 Å². The minimum absolute atomic E-state index is 0.0221. The van der Waals surface area contributed by atoms with Crippen LogP contribution in [0.15, 0.2) is 55.0 Å². The van der Waals surface area contributed by atoms with Crippen LogP contribution < -0.4 is 5.32 Å². The lowest BCUT2D eigenvalue weighted by atomic mass is 10.0. The van der Waals surface area contributed by atoms with E-state index in [-0.39, 0.29) is 23.6 Å². The van der Waals surface area contributed by atoms with Crippen molar-refractivity contribution in [2.45, 2.75) is 18.9 Å². The number of carbonyl (C=O) groups excluding carboxylic acids is 2. The summed E-state index contributed by atoms with van der Waals surface area (Å²) in [5.41, 5.74) is 1.55. The molecule has 1 N–H and O–H groups in total. The van der Waals surface area contributed by atoms with Gasteiger partial charge in [0.1, 0.15) is 0 Å². The zero-order valence-electron chi connectivity index (χ0n) is 15.5. The number of benzene rings is 1. The minimum Gasteiger partial charge on any atom is -0.349 e. The summed E-state index contributed by atoms with van der Waals surface area (Å²) in [5, 5.41) is 11.6. The average molecular weight is 411 g/mol. The summed E-state index contributed by atoms with van der Waals surface area (Å²) in [6.45, 7) is 1.09. The molecule has 0 aliphatic carbocycles. The number of likely N-dealkylation sites (tertiary alicyclic amines) is 1. The predicted molar refractivity (Wildman–Crippen MR) is 107 cm³/mol. The Balaban J connectivity index is 1.34. The molecule has 8 nitrogen and oxygen atoms in total. The quantitative estimate of drug-likeness (QED) is 0.712. The highest BCUT2D eigenvalue weighted by Crippen LogP contribution is 2.16. The third kappa shape index (κ3) is 4.43. The Kier molecular flexibility index (Phi) is 5.53. The van der Waals surface area contributed by atoms with Crippen molar-refractivity contribution < 1.29 is 9.59 Å². The van der Waals surface area contributed by atoms with Crippen LogP contribution >= 0.6 is 11.6 Å². The van der Waals surface area contributed by atoms with Crippen molar-refractivity contribution in [3.63, 3.8) is 0 Å². The molecular weight excluding hydrogens is 392 g/mol. The van der Waals surface area contributed by atoms with Gasteiger partial charge < -0.3 is 10.2 Å². The topological polar surface area (TPSA) is 93.0 Å². The van der Waals surface area contributed by atoms with Crippen molar-refractivity contribution in [3.05, 3.63) is 71.3 Å². The molecule has 1 fully saturated rings. The third-order valence-electron chi connectivity index (χ3n) is 4.83. The minimum atomic E-state index is -0.171. The maximum atomic E-state index is 12.8. The number of hydrogen-bond donors (Lipinski definition) is 1. The molecule has 2 amide bonds. The molecule has 9 heteroatoms. The van der Waals surface area contributed by atoms with Crippen LogP contribution in [0.3, 0.4) is 0 Å². The molecule has 0 unspecified atom stereocenters. The maximum absolute atomic E-state index is 12.8. The summed E-state index contributed by atoms with van der Waals surface area (Å²) < 4.78 is 1.53. The molecule has 1 saturated heterocycles. The van der Waals surface area contributed by atoms with Gasteiger partial charge in [-0.25, -0.2) is 4.68 Å². The number of piperidine rings is 1. The number of hydrogen-bond acceptors (Lipinski definition) is 5. The number of rotatable bonds is 4. The molecule has 0 bridgehead atoms. The summed E-state index contributed by atoms with van der Waals surface area (Å²) in [5.74, 6) is -0.317. The Morgan fingerprint density at radius 1 is 1.14 bits per heavy atom. The molecular formula is C20H19ClN6O2. The van der Waals surface area contributed by atoms with Gasteiger partial charge in [-0.15, -0.1) is 5.10 Å². The summed E-state index contributed by atoms with van der Waals surface area (Å²) in [4.78, 5) is 30.7. The van der Waals surface area contributed by atoms with E-state index >= 15 is 0 Å². The SMILES string of the molecule is O=C(NC1CCN(C(=O)c2cn(-c3cccc(Cl)c3)nn2)CC1)c1cccnc1. The van der Waals surface area contributed by atoms with Gasteiger partial charge in [0, 0.05) is 36.5 Å². The highest BCUT2D eigenvalue weighted by molar-refractivity contribution is 6.30. The lowest BCUT2D eigenvalue weighted by Gasteiger charge is -2.31. The molecule has 29 heavy (non-hydrogen) atoms. The molecule has 2 aromatic heterocycles. The molecule has 1 aliphatic rings. The van der Waals surface area contributed by atoms with Crippen LogP contribution in [-0.2, 0) is 0 Å². The monoisotopic (exact) mass is 410 g/mol. The number of amides is 2. The van der Waals surface area contributed by atoms with E-state index in [1.54, 1.807) is 41.6 Å². The Labute approximate surface area is 172 Å². The Hall–Kier alpha value is -3.26. The first-order chi connectivity index (χ1) is 14.1. The second kappa shape index (κ2) is 8.40. The highest BCUT2D eigenvalue weighted by Gasteiger charge is 2.26. The molecule has 3 aromatic rings. The second-order valence-electron chi connectivity index (χ2n) is 6.81. The van der Waals surface area contributed by atoms with Crippen molar-refractivity contribution in [2.75, 3.05) is 13.1 Å². The smallest absolute Gasteiger partial charge is 0.276 e. The number of nitrogens with one attached hydrogen (secondary N) is 1. The summed E-state index contributed by atoms with van der Waals surface area (Å²) in [6.07, 6.45) is 6.13. The number of halogens is 1. The van der Waals surface area contributed by atoms with E-state index in [2.05, 4.69) is 20.6 Å². The average Bonchev–Trinajstić information content (AvgIpc) is 3.25. The third-order valence-corrected chi connectivity index (χ3v) is 5.06. The fraction of sp³-hybridized carbons (Fsp3) is 0.250. The van der Waals surface area contributed by atoms with E-state index in [0.717, 1.165) is 5.69 Å². The Morgan fingerprint density at radius 3 is 2.69 bits per heavy atom. The van der Waals surface area contributed by atoms with Crippen molar-refractivity contribution >= 4 is 23.4 Å². The van der Waals surface area contributed by atoms with E-state index in [1.165, 1.54) is 10.9 Å². The second-order valence-corrected chi connectivity index (χ2v) is 7.25. The van der Waals surface area contributed by atoms with Crippen LogP contribution in [0, 0.1) is 0 Å². The van der Waals surface area contributed by atoms with Crippen LogP contribution in [-0.4, -0.2) is 55.8 Å². The summed E-state index contributed by atoms with van der Waals surface area (Å²) in [7, 11) is 0. The molecule has 148 valence electrons. The first kappa shape index (κ1) is 19.1. The Morgan fingerprint density at radius 2 is 1.97 bits per heavy atom. The molecule has 3 heterocycles. The van der Waals surface area contributed by atoms with Crippen molar-refractivity contribution in [1.29, 1.82) is 0 Å². The Bertz CT molecular complexity index is 1010. The van der Waals surface area contributed by atoms with Crippen LogP contribution in [0.25, 0.3) is 5.69 Å². The molecule has 1 aliphatic heterocycles. The van der Waals surface area contributed by atoms with Gasteiger partial charge in [0.2, 0.25) is 0 Å². The van der Waals surface area contributed by atoms with Gasteiger partial charge in [-0.2, -0.15) is 0 Å². The largest absolute Gasteiger partial charge is 0.349 e. The van der Waals surface area contributed by atoms with E-state index in [0.29, 0.717) is 36.5 Å². The molecule has 0 saturated carbocycles. The van der Waals surface area contributed by atoms with Crippen molar-refractivity contribution in [1.82, 2.24) is 30.2 Å². The number of carbonyl (C=O) groups is 2. The van der Waals surface area contributed by atoms with Gasteiger partial charge >= 0.3 is 0 Å². The van der Waals surface area contributed by atoms with Gasteiger partial charge in [-0.05, 0) is 43.2 Å². The van der Waals surface area contributed by atoms with Gasteiger partial charge in [-0.1, -0.05) is 22.9 Å². The standard InChI is InChI=1S/C20H19ClN6O2/c21-15-4-1-5-17(11-15)27-13-18(24-25-27)20(29)26-9-6-16(7-10-26)23-19(28)14-3-2-8-22-12-14/h1-5,8,11-13,16H,6-7,9-10H2,(H,23,28). The lowest BCUT2D eigenvalue weighted by Crippen LogP contribution is -2.46. The number of pyridine rings is 1. The summed E-state index contributed by atoms with van der Waals surface area (Å²) >= 11 is 6.00. The molecule has 0 atom stereocenters. The van der Waals surface area contributed by atoms with E-state index in [9.17, 15) is 9.59 Å². The van der Waals surface area contributed by atoms with Crippen LogP contribution in [0.2, 0.25) is 5.02 Å². The number of aromatic nitrogens is 4. The highest BCUT2D eigenvalue weighted by atomic mass is 35.5. The van der Waals surface area contributed by atoms with Crippen molar-refractivity contribution in [2.24, 2.45) is 0 Å². The molecule has 1 aromatic carbocycles. The van der Waals surface area contributed by atoms with E-state index in [4.69, 9.17) is 11.6 Å². The first-order valence-corrected chi connectivity index (χ1v) is 9.66. The van der Waals surface area contributed by atoms with Crippen LogP contribution in [0.1, 0.15) is 33.7 Å². The lowest BCUT2D eigenvalue weighted by molar-refractivity contribution is 0.0692. The van der Waals surface area contributed by atoms with E-state index in [1.807, 2.05) is 12.1 Å².